The zero-order chi connectivity index (χ0) is 15.6. The molecule has 120 valence electrons. The number of aromatic nitrogens is 2. The van der Waals surface area contributed by atoms with E-state index in [2.05, 4.69) is 20.6 Å². The summed E-state index contributed by atoms with van der Waals surface area (Å²) in [4.78, 5) is 20.4. The topological polar surface area (TPSA) is 101 Å². The molecule has 1 atom stereocenters. The molecule has 2 fully saturated rings. The van der Waals surface area contributed by atoms with Crippen molar-refractivity contribution in [2.45, 2.75) is 44.2 Å². The molecule has 1 aromatic rings. The number of amides is 1. The Morgan fingerprint density at radius 3 is 2.64 bits per heavy atom. The molecule has 1 unspecified atom stereocenters. The summed E-state index contributed by atoms with van der Waals surface area (Å²) >= 11 is 0. The molecule has 0 spiro atoms. The van der Waals surface area contributed by atoms with Gasteiger partial charge in [-0.1, -0.05) is 12.8 Å². The molecule has 0 radical (unpaired) electrons. The van der Waals surface area contributed by atoms with Crippen LogP contribution in [-0.2, 0) is 9.84 Å². The van der Waals surface area contributed by atoms with Gasteiger partial charge in [0.15, 0.2) is 9.84 Å². The van der Waals surface area contributed by atoms with Gasteiger partial charge in [0.25, 0.3) is 5.91 Å². The van der Waals surface area contributed by atoms with E-state index in [4.69, 9.17) is 0 Å². The van der Waals surface area contributed by atoms with Gasteiger partial charge in [-0.3, -0.25) is 4.79 Å². The summed E-state index contributed by atoms with van der Waals surface area (Å²) in [6, 6.07) is 1.62. The van der Waals surface area contributed by atoms with E-state index in [1.165, 1.54) is 6.20 Å². The summed E-state index contributed by atoms with van der Waals surface area (Å²) in [5.74, 6) is 0.388. The van der Waals surface area contributed by atoms with E-state index in [9.17, 15) is 13.2 Å². The molecule has 2 heterocycles. The second kappa shape index (κ2) is 6.20. The molecule has 2 aliphatic rings. The first-order chi connectivity index (χ1) is 10.5. The molecule has 2 N–H and O–H groups in total. The lowest BCUT2D eigenvalue weighted by Gasteiger charge is -2.13. The highest BCUT2D eigenvalue weighted by Crippen LogP contribution is 2.18. The Hall–Kier alpha value is -1.70. The standard InChI is InChI=1S/C14H20N4O3S/c19-13(16-10-3-1-2-4-10)12-5-7-15-14(18-12)17-11-6-8-22(20,21)9-11/h5,7,10-11H,1-4,6,8-9H2,(H,16,19)(H,15,17,18). The number of nitrogens with one attached hydrogen (secondary N) is 2. The number of sulfone groups is 1. The van der Waals surface area contributed by atoms with E-state index >= 15 is 0 Å². The fourth-order valence-electron chi connectivity index (χ4n) is 2.98. The molecule has 1 aliphatic heterocycles. The van der Waals surface area contributed by atoms with Crippen molar-refractivity contribution in [3.8, 4) is 0 Å². The Balaban J connectivity index is 1.63. The quantitative estimate of drug-likeness (QED) is 0.847. The van der Waals surface area contributed by atoms with E-state index in [1.54, 1.807) is 6.07 Å². The highest BCUT2D eigenvalue weighted by molar-refractivity contribution is 7.91. The van der Waals surface area contributed by atoms with E-state index in [0.717, 1.165) is 25.7 Å². The van der Waals surface area contributed by atoms with Crippen molar-refractivity contribution < 1.29 is 13.2 Å². The Labute approximate surface area is 129 Å². The van der Waals surface area contributed by atoms with E-state index in [1.807, 2.05) is 0 Å². The van der Waals surface area contributed by atoms with Crippen molar-refractivity contribution in [2.75, 3.05) is 16.8 Å². The maximum atomic E-state index is 12.2. The maximum absolute atomic E-state index is 12.2. The van der Waals surface area contributed by atoms with Gasteiger partial charge in [0, 0.05) is 18.3 Å². The average molecular weight is 324 g/mol. The zero-order valence-electron chi connectivity index (χ0n) is 12.3. The Morgan fingerprint density at radius 1 is 1.18 bits per heavy atom. The predicted octanol–water partition coefficient (Wildman–Crippen LogP) is 0.748. The second-order valence-electron chi connectivity index (χ2n) is 5.96. The molecule has 1 saturated carbocycles. The van der Waals surface area contributed by atoms with Gasteiger partial charge < -0.3 is 10.6 Å². The van der Waals surface area contributed by atoms with Crippen LogP contribution in [0.1, 0.15) is 42.6 Å². The lowest BCUT2D eigenvalue weighted by Crippen LogP contribution is -2.33. The number of hydrogen-bond acceptors (Lipinski definition) is 6. The van der Waals surface area contributed by atoms with Crippen molar-refractivity contribution in [1.82, 2.24) is 15.3 Å². The average Bonchev–Trinajstić information content (AvgIpc) is 3.09. The van der Waals surface area contributed by atoms with E-state index in [0.29, 0.717) is 18.1 Å². The highest BCUT2D eigenvalue weighted by atomic mass is 32.2. The summed E-state index contributed by atoms with van der Waals surface area (Å²) < 4.78 is 22.9. The fraction of sp³-hybridized carbons (Fsp3) is 0.643. The van der Waals surface area contributed by atoms with Crippen molar-refractivity contribution in [3.05, 3.63) is 18.0 Å². The van der Waals surface area contributed by atoms with Crippen LogP contribution < -0.4 is 10.6 Å². The molecule has 1 saturated heterocycles. The van der Waals surface area contributed by atoms with Crippen LogP contribution >= 0.6 is 0 Å². The van der Waals surface area contributed by atoms with Crippen molar-refractivity contribution in [3.63, 3.8) is 0 Å². The SMILES string of the molecule is O=C(NC1CCCC1)c1ccnc(NC2CCS(=O)(=O)C2)n1. The largest absolute Gasteiger partial charge is 0.350 e. The van der Waals surface area contributed by atoms with Gasteiger partial charge in [-0.05, 0) is 25.3 Å². The first kappa shape index (κ1) is 15.2. The molecule has 0 aromatic carbocycles. The molecule has 0 bridgehead atoms. The van der Waals surface area contributed by atoms with Gasteiger partial charge in [0.05, 0.1) is 11.5 Å². The minimum atomic E-state index is -2.96. The summed E-state index contributed by atoms with van der Waals surface area (Å²) in [6.45, 7) is 0. The minimum absolute atomic E-state index is 0.0921. The highest BCUT2D eigenvalue weighted by Gasteiger charge is 2.28. The first-order valence-electron chi connectivity index (χ1n) is 7.63. The normalized spacial score (nSPS) is 24.3. The van der Waals surface area contributed by atoms with Crippen LogP contribution in [0.15, 0.2) is 12.3 Å². The van der Waals surface area contributed by atoms with Gasteiger partial charge in [0.1, 0.15) is 5.69 Å². The number of anilines is 1. The van der Waals surface area contributed by atoms with Crippen molar-refractivity contribution in [2.24, 2.45) is 0 Å². The first-order valence-corrected chi connectivity index (χ1v) is 9.45. The van der Waals surface area contributed by atoms with E-state index in [-0.39, 0.29) is 29.5 Å². The third kappa shape index (κ3) is 3.73. The van der Waals surface area contributed by atoms with Crippen LogP contribution in [0.3, 0.4) is 0 Å². The van der Waals surface area contributed by atoms with E-state index < -0.39 is 9.84 Å². The molecule has 7 nitrogen and oxygen atoms in total. The number of rotatable bonds is 4. The van der Waals surface area contributed by atoms with Crippen molar-refractivity contribution >= 4 is 21.7 Å². The minimum Gasteiger partial charge on any atom is -0.350 e. The second-order valence-corrected chi connectivity index (χ2v) is 8.19. The van der Waals surface area contributed by atoms with Crippen LogP contribution in [0.2, 0.25) is 0 Å². The van der Waals surface area contributed by atoms with Crippen LogP contribution in [0.4, 0.5) is 5.95 Å². The number of carbonyl (C=O) groups is 1. The lowest BCUT2D eigenvalue weighted by molar-refractivity contribution is 0.0932. The molecule has 1 aromatic heterocycles. The third-order valence-corrected chi connectivity index (χ3v) is 5.91. The van der Waals surface area contributed by atoms with Crippen LogP contribution in [-0.4, -0.2) is 47.9 Å². The molecule has 22 heavy (non-hydrogen) atoms. The smallest absolute Gasteiger partial charge is 0.270 e. The van der Waals surface area contributed by atoms with Crippen LogP contribution in [0.5, 0.6) is 0 Å². The van der Waals surface area contributed by atoms with Gasteiger partial charge in [-0.25, -0.2) is 18.4 Å². The van der Waals surface area contributed by atoms with Crippen LogP contribution in [0, 0.1) is 0 Å². The molecule has 3 rings (SSSR count). The zero-order valence-corrected chi connectivity index (χ0v) is 13.1. The summed E-state index contributed by atoms with van der Waals surface area (Å²) in [6.07, 6.45) is 6.39. The molecule has 8 heteroatoms. The number of carbonyl (C=O) groups excluding carboxylic acids is 1. The van der Waals surface area contributed by atoms with Gasteiger partial charge >= 0.3 is 0 Å². The van der Waals surface area contributed by atoms with Gasteiger partial charge in [-0.2, -0.15) is 0 Å². The number of hydrogen-bond donors (Lipinski definition) is 2. The molecule has 1 aliphatic carbocycles. The Bertz CT molecular complexity index is 656. The number of nitrogens with zero attached hydrogens (tertiary/aromatic N) is 2. The monoisotopic (exact) mass is 324 g/mol. The summed E-state index contributed by atoms with van der Waals surface area (Å²) in [7, 11) is -2.96. The van der Waals surface area contributed by atoms with Gasteiger partial charge in [0.2, 0.25) is 5.95 Å². The summed E-state index contributed by atoms with van der Waals surface area (Å²) in [5.41, 5.74) is 0.310. The molecule has 1 amide bonds. The molecular formula is C14H20N4O3S. The third-order valence-electron chi connectivity index (χ3n) is 4.14. The van der Waals surface area contributed by atoms with Gasteiger partial charge in [-0.15, -0.1) is 0 Å². The maximum Gasteiger partial charge on any atom is 0.270 e. The van der Waals surface area contributed by atoms with Crippen molar-refractivity contribution in [1.29, 1.82) is 0 Å². The molecular weight excluding hydrogens is 304 g/mol. The Kier molecular flexibility index (Phi) is 4.28. The predicted molar refractivity (Wildman–Crippen MR) is 82.4 cm³/mol. The Morgan fingerprint density at radius 2 is 1.95 bits per heavy atom. The van der Waals surface area contributed by atoms with Crippen LogP contribution in [0.25, 0.3) is 0 Å². The fourth-order valence-corrected chi connectivity index (χ4v) is 4.65. The lowest BCUT2D eigenvalue weighted by atomic mass is 10.2. The summed E-state index contributed by atoms with van der Waals surface area (Å²) in [5, 5.41) is 5.98.